The molecule has 1 heterocycles. The molecule has 0 aliphatic carbocycles. The largest absolute Gasteiger partial charge is 0.463 e. The van der Waals surface area contributed by atoms with E-state index in [1.54, 1.807) is 0 Å². The number of hydrogen-bond donors (Lipinski definition) is 0. The Kier molecular flexibility index (Phi) is 6.68. The Bertz CT molecular complexity index is 484. The predicted octanol–water partition coefficient (Wildman–Crippen LogP) is -0.136. The van der Waals surface area contributed by atoms with E-state index >= 15 is 0 Å². The van der Waals surface area contributed by atoms with Crippen LogP contribution < -0.4 is 0 Å². The van der Waals surface area contributed by atoms with E-state index in [4.69, 9.17) is 18.9 Å². The molecule has 0 N–H and O–H groups in total. The van der Waals surface area contributed by atoms with Gasteiger partial charge in [-0.3, -0.25) is 14.4 Å². The first-order valence-electron chi connectivity index (χ1n) is 6.53. The Morgan fingerprint density at radius 3 is 2.27 bits per heavy atom. The zero-order chi connectivity index (χ0) is 16.7. The molecule has 0 aromatic carbocycles. The highest BCUT2D eigenvalue weighted by Gasteiger charge is 2.43. The van der Waals surface area contributed by atoms with Crippen molar-refractivity contribution in [2.45, 2.75) is 51.7 Å². The van der Waals surface area contributed by atoms with Crippen LogP contribution in [0.2, 0.25) is 0 Å². The van der Waals surface area contributed by atoms with Crippen molar-refractivity contribution in [3.8, 4) is 0 Å². The lowest BCUT2D eigenvalue weighted by atomic mass is 10.0. The molecule has 2 unspecified atom stereocenters. The highest BCUT2D eigenvalue weighted by molar-refractivity contribution is 5.67. The van der Waals surface area contributed by atoms with E-state index in [1.807, 2.05) is 0 Å². The Morgan fingerprint density at radius 1 is 1.14 bits per heavy atom. The summed E-state index contributed by atoms with van der Waals surface area (Å²) in [5, 5.41) is 0. The van der Waals surface area contributed by atoms with E-state index in [0.717, 1.165) is 0 Å². The fraction of sp³-hybridized carbons (Fsp3) is 0.692. The second-order valence-corrected chi connectivity index (χ2v) is 4.61. The molecule has 4 atom stereocenters. The van der Waals surface area contributed by atoms with E-state index in [0.29, 0.717) is 0 Å². The third-order valence-corrected chi connectivity index (χ3v) is 2.77. The standard InChI is InChI=1S/C13H17NO8/c1-7(16)19-5-11-13(21-9(3)18)10(20-8(2)17)4-12(22-11)14-6-15/h10-13H,4-5H2,1-3H3/t10-,11?,12?,13-/m0/s1. The lowest BCUT2D eigenvalue weighted by Crippen LogP contribution is -2.53. The molecule has 1 rings (SSSR count). The van der Waals surface area contributed by atoms with Crippen LogP contribution in [-0.4, -0.2) is 55.1 Å². The van der Waals surface area contributed by atoms with Crippen LogP contribution in [0.5, 0.6) is 0 Å². The number of ether oxygens (including phenoxy) is 4. The average molecular weight is 315 g/mol. The summed E-state index contributed by atoms with van der Waals surface area (Å²) in [5.74, 6) is -1.77. The van der Waals surface area contributed by atoms with Crippen LogP contribution in [0.4, 0.5) is 0 Å². The molecule has 0 amide bonds. The maximum Gasteiger partial charge on any atom is 0.303 e. The maximum absolute atomic E-state index is 11.2. The van der Waals surface area contributed by atoms with Crippen molar-refractivity contribution in [3.63, 3.8) is 0 Å². The summed E-state index contributed by atoms with van der Waals surface area (Å²) in [6.45, 7) is 3.34. The van der Waals surface area contributed by atoms with Gasteiger partial charge in [-0.05, 0) is 0 Å². The number of carbonyl (C=O) groups is 3. The van der Waals surface area contributed by atoms with Gasteiger partial charge in [-0.2, -0.15) is 4.99 Å². The van der Waals surface area contributed by atoms with Gasteiger partial charge in [-0.25, -0.2) is 4.79 Å². The third kappa shape index (κ3) is 5.63. The molecule has 122 valence electrons. The second kappa shape index (κ2) is 8.26. The Balaban J connectivity index is 2.96. The van der Waals surface area contributed by atoms with Crippen LogP contribution >= 0.6 is 0 Å². The van der Waals surface area contributed by atoms with Gasteiger partial charge in [0.1, 0.15) is 18.8 Å². The number of carbonyl (C=O) groups excluding carboxylic acids is 4. The van der Waals surface area contributed by atoms with Crippen molar-refractivity contribution < 1.29 is 38.1 Å². The van der Waals surface area contributed by atoms with Crippen LogP contribution in [0.25, 0.3) is 0 Å². The van der Waals surface area contributed by atoms with Gasteiger partial charge in [0.25, 0.3) is 0 Å². The van der Waals surface area contributed by atoms with Gasteiger partial charge in [0.2, 0.25) is 6.08 Å². The molecule has 0 radical (unpaired) electrons. The minimum Gasteiger partial charge on any atom is -0.463 e. The topological polar surface area (TPSA) is 118 Å². The first kappa shape index (κ1) is 17.8. The lowest BCUT2D eigenvalue weighted by molar-refractivity contribution is -0.213. The minimum atomic E-state index is -0.973. The average Bonchev–Trinajstić information content (AvgIpc) is 2.38. The van der Waals surface area contributed by atoms with Gasteiger partial charge in [-0.15, -0.1) is 0 Å². The summed E-state index contributed by atoms with van der Waals surface area (Å²) in [7, 11) is 0. The molecule has 1 fully saturated rings. The van der Waals surface area contributed by atoms with Crippen LogP contribution in [0.1, 0.15) is 27.2 Å². The maximum atomic E-state index is 11.2. The molecule has 1 aliphatic rings. The van der Waals surface area contributed by atoms with Gasteiger partial charge in [0.05, 0.1) is 0 Å². The third-order valence-electron chi connectivity index (χ3n) is 2.77. The van der Waals surface area contributed by atoms with E-state index in [1.165, 1.54) is 26.9 Å². The number of rotatable bonds is 5. The Labute approximate surface area is 126 Å². The van der Waals surface area contributed by atoms with Crippen LogP contribution in [-0.2, 0) is 38.1 Å². The number of isocyanates is 1. The van der Waals surface area contributed by atoms with Crippen molar-refractivity contribution in [2.24, 2.45) is 4.99 Å². The molecule has 0 aromatic heterocycles. The SMILES string of the molecule is CC(=O)OCC1OC(N=C=O)C[C@H](OC(C)=O)[C@@H]1OC(C)=O. The number of aliphatic imine (C=N–C) groups is 1. The van der Waals surface area contributed by atoms with Gasteiger partial charge in [0.15, 0.2) is 12.3 Å². The molecule has 1 saturated heterocycles. The fourth-order valence-corrected chi connectivity index (χ4v) is 2.05. The molecular weight excluding hydrogens is 298 g/mol. The van der Waals surface area contributed by atoms with Crippen molar-refractivity contribution in [1.29, 1.82) is 0 Å². The fourth-order valence-electron chi connectivity index (χ4n) is 2.05. The van der Waals surface area contributed by atoms with E-state index in [2.05, 4.69) is 4.99 Å². The monoisotopic (exact) mass is 315 g/mol. The minimum absolute atomic E-state index is 0.0172. The van der Waals surface area contributed by atoms with Crippen molar-refractivity contribution >= 4 is 24.0 Å². The molecule has 9 heteroatoms. The van der Waals surface area contributed by atoms with Crippen molar-refractivity contribution in [2.75, 3.05) is 6.61 Å². The van der Waals surface area contributed by atoms with Gasteiger partial charge in [-0.1, -0.05) is 0 Å². The Morgan fingerprint density at radius 2 is 1.77 bits per heavy atom. The van der Waals surface area contributed by atoms with E-state index < -0.39 is 42.4 Å². The van der Waals surface area contributed by atoms with Gasteiger partial charge >= 0.3 is 17.9 Å². The highest BCUT2D eigenvalue weighted by atomic mass is 16.6. The zero-order valence-electron chi connectivity index (χ0n) is 12.4. The number of hydrogen-bond acceptors (Lipinski definition) is 9. The quantitative estimate of drug-likeness (QED) is 0.298. The second-order valence-electron chi connectivity index (χ2n) is 4.61. The molecule has 0 bridgehead atoms. The normalized spacial score (nSPS) is 27.2. The summed E-state index contributed by atoms with van der Waals surface area (Å²) < 4.78 is 20.5. The molecule has 1 aliphatic heterocycles. The summed E-state index contributed by atoms with van der Waals surface area (Å²) in [5.41, 5.74) is 0. The van der Waals surface area contributed by atoms with E-state index in [-0.39, 0.29) is 13.0 Å². The van der Waals surface area contributed by atoms with Gasteiger partial charge in [0, 0.05) is 27.2 Å². The number of nitrogens with zero attached hydrogens (tertiary/aromatic N) is 1. The van der Waals surface area contributed by atoms with E-state index in [9.17, 15) is 19.2 Å². The molecule has 0 saturated carbocycles. The summed E-state index contributed by atoms with van der Waals surface area (Å²) >= 11 is 0. The first-order valence-corrected chi connectivity index (χ1v) is 6.53. The highest BCUT2D eigenvalue weighted by Crippen LogP contribution is 2.26. The summed E-state index contributed by atoms with van der Waals surface area (Å²) in [4.78, 5) is 47.1. The Hall–Kier alpha value is -2.25. The molecule has 0 spiro atoms. The number of esters is 3. The van der Waals surface area contributed by atoms with Crippen LogP contribution in [0.15, 0.2) is 4.99 Å². The molecule has 0 aromatic rings. The smallest absolute Gasteiger partial charge is 0.303 e. The van der Waals surface area contributed by atoms with Crippen molar-refractivity contribution in [1.82, 2.24) is 0 Å². The molecule has 9 nitrogen and oxygen atoms in total. The predicted molar refractivity (Wildman–Crippen MR) is 69.1 cm³/mol. The zero-order valence-corrected chi connectivity index (χ0v) is 12.4. The van der Waals surface area contributed by atoms with Crippen molar-refractivity contribution in [3.05, 3.63) is 0 Å². The van der Waals surface area contributed by atoms with Gasteiger partial charge < -0.3 is 18.9 Å². The summed E-state index contributed by atoms with van der Waals surface area (Å²) in [6.07, 6.45) is -2.35. The van der Waals surface area contributed by atoms with Crippen LogP contribution in [0, 0.1) is 0 Å². The molecule has 22 heavy (non-hydrogen) atoms. The summed E-state index contributed by atoms with van der Waals surface area (Å²) in [6, 6.07) is 0. The molecular formula is C13H17NO8. The lowest BCUT2D eigenvalue weighted by Gasteiger charge is -2.38. The first-order chi connectivity index (χ1) is 10.3. The van der Waals surface area contributed by atoms with Crippen LogP contribution in [0.3, 0.4) is 0 Å².